The molecule has 24 heavy (non-hydrogen) atoms. The molecule has 0 aromatic heterocycles. The molecule has 1 aliphatic heterocycles. The number of ether oxygens (including phenoxy) is 1. The van der Waals surface area contributed by atoms with Crippen molar-refractivity contribution in [3.8, 4) is 0 Å². The Morgan fingerprint density at radius 1 is 1.25 bits per heavy atom. The fraction of sp³-hybridized carbons (Fsp3) is 0.579. The number of carbonyl (C=O) groups is 2. The molecule has 2 rings (SSSR count). The minimum Gasteiger partial charge on any atom is -0.479 e. The Hall–Kier alpha value is -1.88. The van der Waals surface area contributed by atoms with Crippen molar-refractivity contribution < 1.29 is 19.4 Å². The van der Waals surface area contributed by atoms with Crippen LogP contribution in [0.3, 0.4) is 0 Å². The molecule has 2 N–H and O–H groups in total. The van der Waals surface area contributed by atoms with Gasteiger partial charge >= 0.3 is 5.97 Å². The zero-order valence-corrected chi connectivity index (χ0v) is 14.3. The van der Waals surface area contributed by atoms with Crippen LogP contribution in [0.5, 0.6) is 0 Å². The van der Waals surface area contributed by atoms with Crippen LogP contribution in [0.4, 0.5) is 0 Å². The zero-order valence-electron chi connectivity index (χ0n) is 14.3. The van der Waals surface area contributed by atoms with E-state index in [1.807, 2.05) is 6.07 Å². The molecule has 0 aliphatic carbocycles. The van der Waals surface area contributed by atoms with Crippen molar-refractivity contribution in [3.05, 3.63) is 35.9 Å². The fourth-order valence-corrected chi connectivity index (χ4v) is 3.30. The molecule has 1 atom stereocenters. The van der Waals surface area contributed by atoms with E-state index < -0.39 is 11.5 Å². The summed E-state index contributed by atoms with van der Waals surface area (Å²) in [6.45, 7) is 3.40. The molecular formula is C19H27NO4. The van der Waals surface area contributed by atoms with E-state index in [-0.39, 0.29) is 5.91 Å². The first-order valence-corrected chi connectivity index (χ1v) is 8.76. The Balaban J connectivity index is 1.94. The van der Waals surface area contributed by atoms with Crippen LogP contribution in [0.2, 0.25) is 0 Å². The van der Waals surface area contributed by atoms with Crippen molar-refractivity contribution in [2.45, 2.75) is 51.0 Å². The van der Waals surface area contributed by atoms with Gasteiger partial charge < -0.3 is 15.2 Å². The fourth-order valence-electron chi connectivity index (χ4n) is 3.30. The van der Waals surface area contributed by atoms with Gasteiger partial charge in [0, 0.05) is 19.6 Å². The molecule has 1 heterocycles. The van der Waals surface area contributed by atoms with E-state index in [2.05, 4.69) is 5.32 Å². The van der Waals surface area contributed by atoms with Gasteiger partial charge in [0.25, 0.3) is 0 Å². The number of benzene rings is 1. The molecular weight excluding hydrogens is 306 g/mol. The molecule has 1 aromatic carbocycles. The zero-order chi connectivity index (χ0) is 17.4. The maximum Gasteiger partial charge on any atom is 0.334 e. The van der Waals surface area contributed by atoms with E-state index in [0.717, 1.165) is 38.9 Å². The quantitative estimate of drug-likeness (QED) is 0.766. The summed E-state index contributed by atoms with van der Waals surface area (Å²) in [5, 5.41) is 12.5. The van der Waals surface area contributed by atoms with Crippen molar-refractivity contribution in [2.24, 2.45) is 5.92 Å². The van der Waals surface area contributed by atoms with Gasteiger partial charge in [-0.2, -0.15) is 0 Å². The van der Waals surface area contributed by atoms with Gasteiger partial charge in [0.1, 0.15) is 0 Å². The van der Waals surface area contributed by atoms with Gasteiger partial charge in [-0.1, -0.05) is 37.3 Å². The first-order valence-electron chi connectivity index (χ1n) is 8.76. The minimum atomic E-state index is -1.35. The summed E-state index contributed by atoms with van der Waals surface area (Å²) in [6.07, 6.45) is 4.55. The number of carboxylic acid groups (broad SMARTS) is 1. The molecule has 132 valence electrons. The van der Waals surface area contributed by atoms with Gasteiger partial charge in [-0.05, 0) is 43.6 Å². The number of aliphatic carboxylic acids is 1. The molecule has 0 saturated carbocycles. The standard InChI is InChI=1S/C19H27NO4/c1-2-19(18(22)23,16-8-4-3-5-9-16)20-17(21)10-6-7-15-11-13-24-14-12-15/h3-5,8-9,15H,2,6-7,10-14H2,1H3,(H,20,21)(H,22,23). The lowest BCUT2D eigenvalue weighted by Gasteiger charge is -2.30. The summed E-state index contributed by atoms with van der Waals surface area (Å²) in [6, 6.07) is 8.92. The number of rotatable bonds is 8. The molecule has 0 radical (unpaired) electrons. The predicted molar refractivity (Wildman–Crippen MR) is 91.6 cm³/mol. The lowest BCUT2D eigenvalue weighted by molar-refractivity contribution is -0.148. The molecule has 1 fully saturated rings. The van der Waals surface area contributed by atoms with Crippen LogP contribution >= 0.6 is 0 Å². The molecule has 0 bridgehead atoms. The van der Waals surface area contributed by atoms with E-state index in [1.54, 1.807) is 31.2 Å². The van der Waals surface area contributed by atoms with Crippen molar-refractivity contribution >= 4 is 11.9 Å². The van der Waals surface area contributed by atoms with Crippen molar-refractivity contribution in [1.29, 1.82) is 0 Å². The summed E-state index contributed by atoms with van der Waals surface area (Å²) in [5.41, 5.74) is -0.741. The third kappa shape index (κ3) is 4.57. The molecule has 5 nitrogen and oxygen atoms in total. The summed E-state index contributed by atoms with van der Waals surface area (Å²) >= 11 is 0. The second kappa shape index (κ2) is 8.83. The van der Waals surface area contributed by atoms with Gasteiger partial charge in [0.15, 0.2) is 5.54 Å². The van der Waals surface area contributed by atoms with Crippen molar-refractivity contribution in [3.63, 3.8) is 0 Å². The maximum absolute atomic E-state index is 12.3. The Morgan fingerprint density at radius 3 is 2.50 bits per heavy atom. The lowest BCUT2D eigenvalue weighted by Crippen LogP contribution is -2.51. The highest BCUT2D eigenvalue weighted by Crippen LogP contribution is 2.26. The summed E-state index contributed by atoms with van der Waals surface area (Å²) in [5.74, 6) is -0.597. The van der Waals surface area contributed by atoms with Gasteiger partial charge in [-0.15, -0.1) is 0 Å². The maximum atomic E-state index is 12.3. The molecule has 0 spiro atoms. The van der Waals surface area contributed by atoms with Crippen LogP contribution in [0.25, 0.3) is 0 Å². The molecule has 1 aliphatic rings. The number of hydrogen-bond donors (Lipinski definition) is 2. The summed E-state index contributed by atoms with van der Waals surface area (Å²) in [4.78, 5) is 24.2. The van der Waals surface area contributed by atoms with Crippen LogP contribution in [-0.4, -0.2) is 30.2 Å². The van der Waals surface area contributed by atoms with Crippen LogP contribution in [0.1, 0.15) is 51.0 Å². The second-order valence-corrected chi connectivity index (χ2v) is 6.43. The lowest BCUT2D eigenvalue weighted by atomic mass is 9.86. The third-order valence-electron chi connectivity index (χ3n) is 4.87. The number of hydrogen-bond acceptors (Lipinski definition) is 3. The Morgan fingerprint density at radius 2 is 1.92 bits per heavy atom. The average molecular weight is 333 g/mol. The number of carboxylic acids is 1. The van der Waals surface area contributed by atoms with E-state index in [4.69, 9.17) is 4.74 Å². The molecule has 1 unspecified atom stereocenters. The first kappa shape index (κ1) is 18.5. The average Bonchev–Trinajstić information content (AvgIpc) is 2.61. The van der Waals surface area contributed by atoms with Crippen LogP contribution < -0.4 is 5.32 Å². The number of nitrogens with one attached hydrogen (secondary N) is 1. The van der Waals surface area contributed by atoms with Gasteiger partial charge in [0.05, 0.1) is 0 Å². The Labute approximate surface area is 143 Å². The minimum absolute atomic E-state index is 0.199. The molecule has 1 saturated heterocycles. The van der Waals surface area contributed by atoms with Crippen molar-refractivity contribution in [1.82, 2.24) is 5.32 Å². The van der Waals surface area contributed by atoms with E-state index in [0.29, 0.717) is 24.3 Å². The highest BCUT2D eigenvalue weighted by Gasteiger charge is 2.39. The highest BCUT2D eigenvalue weighted by atomic mass is 16.5. The third-order valence-corrected chi connectivity index (χ3v) is 4.87. The van der Waals surface area contributed by atoms with E-state index in [9.17, 15) is 14.7 Å². The number of carbonyl (C=O) groups excluding carboxylic acids is 1. The number of amides is 1. The smallest absolute Gasteiger partial charge is 0.334 e. The van der Waals surface area contributed by atoms with Gasteiger partial charge in [-0.25, -0.2) is 4.79 Å². The highest BCUT2D eigenvalue weighted by molar-refractivity contribution is 5.88. The van der Waals surface area contributed by atoms with Crippen molar-refractivity contribution in [2.75, 3.05) is 13.2 Å². The molecule has 1 aromatic rings. The summed E-state index contributed by atoms with van der Waals surface area (Å²) < 4.78 is 5.34. The topological polar surface area (TPSA) is 75.6 Å². The van der Waals surface area contributed by atoms with Crippen LogP contribution in [-0.2, 0) is 19.9 Å². The van der Waals surface area contributed by atoms with Crippen LogP contribution in [0, 0.1) is 5.92 Å². The predicted octanol–water partition coefficient (Wildman–Crippen LogP) is 3.09. The molecule has 1 amide bonds. The Bertz CT molecular complexity index is 540. The van der Waals surface area contributed by atoms with Gasteiger partial charge in [-0.3, -0.25) is 4.79 Å². The monoisotopic (exact) mass is 333 g/mol. The normalized spacial score (nSPS) is 17.9. The summed E-state index contributed by atoms with van der Waals surface area (Å²) in [7, 11) is 0. The SMILES string of the molecule is CCC(NC(=O)CCCC1CCOCC1)(C(=O)O)c1ccccc1. The van der Waals surface area contributed by atoms with Gasteiger partial charge in [0.2, 0.25) is 5.91 Å². The van der Waals surface area contributed by atoms with Crippen LogP contribution in [0.15, 0.2) is 30.3 Å². The largest absolute Gasteiger partial charge is 0.479 e. The van der Waals surface area contributed by atoms with E-state index in [1.165, 1.54) is 0 Å². The first-order chi connectivity index (χ1) is 11.6. The van der Waals surface area contributed by atoms with E-state index >= 15 is 0 Å². The Kier molecular flexibility index (Phi) is 6.79. The molecule has 5 heteroatoms. The second-order valence-electron chi connectivity index (χ2n) is 6.43.